The van der Waals surface area contributed by atoms with Crippen molar-refractivity contribution in [3.63, 3.8) is 0 Å². The highest BCUT2D eigenvalue weighted by molar-refractivity contribution is 9.10. The van der Waals surface area contributed by atoms with E-state index < -0.39 is 0 Å². The lowest BCUT2D eigenvalue weighted by atomic mass is 9.95. The Morgan fingerprint density at radius 3 is 2.42 bits per heavy atom. The predicted molar refractivity (Wildman–Crippen MR) is 83.8 cm³/mol. The highest BCUT2D eigenvalue weighted by Gasteiger charge is 2.12. The number of aryl methyl sites for hydroxylation is 2. The van der Waals surface area contributed by atoms with E-state index in [2.05, 4.69) is 65.5 Å². The highest BCUT2D eigenvalue weighted by Crippen LogP contribution is 2.22. The van der Waals surface area contributed by atoms with Crippen LogP contribution in [0.25, 0.3) is 0 Å². The van der Waals surface area contributed by atoms with Crippen LogP contribution in [-0.2, 0) is 6.42 Å². The van der Waals surface area contributed by atoms with Gasteiger partial charge in [0.25, 0.3) is 0 Å². The molecule has 0 aliphatic carbocycles. The number of hydrogen-bond acceptors (Lipinski definition) is 2. The predicted octanol–water partition coefficient (Wildman–Crippen LogP) is 3.81. The molecule has 0 bridgehead atoms. The molecule has 2 rings (SSSR count). The van der Waals surface area contributed by atoms with Crippen LogP contribution in [0.5, 0.6) is 0 Å². The summed E-state index contributed by atoms with van der Waals surface area (Å²) in [7, 11) is 0. The van der Waals surface area contributed by atoms with Gasteiger partial charge in [0.15, 0.2) is 0 Å². The van der Waals surface area contributed by atoms with Crippen LogP contribution in [-0.4, -0.2) is 0 Å². The molecule has 100 valence electrons. The molecule has 2 aromatic carbocycles. The molecule has 0 spiro atoms. The largest absolute Gasteiger partial charge is 0.271 e. The maximum absolute atomic E-state index is 5.72. The van der Waals surface area contributed by atoms with Crippen molar-refractivity contribution >= 4 is 15.9 Å². The summed E-state index contributed by atoms with van der Waals surface area (Å²) in [4.78, 5) is 0. The van der Waals surface area contributed by atoms with Gasteiger partial charge in [-0.15, -0.1) is 0 Å². The van der Waals surface area contributed by atoms with E-state index in [9.17, 15) is 0 Å². The van der Waals surface area contributed by atoms with Crippen LogP contribution < -0.4 is 11.3 Å². The Bertz CT molecular complexity index is 549. The number of nitrogens with two attached hydrogens (primary N) is 1. The maximum atomic E-state index is 5.72. The van der Waals surface area contributed by atoms with E-state index in [1.165, 1.54) is 22.3 Å². The Kier molecular flexibility index (Phi) is 4.75. The topological polar surface area (TPSA) is 38.0 Å². The number of halogens is 1. The van der Waals surface area contributed by atoms with E-state index >= 15 is 0 Å². The summed E-state index contributed by atoms with van der Waals surface area (Å²) in [6.07, 6.45) is 0.894. The Labute approximate surface area is 123 Å². The molecule has 0 aromatic heterocycles. The third kappa shape index (κ3) is 3.66. The smallest absolute Gasteiger partial charge is 0.0500 e. The first kappa shape index (κ1) is 14.3. The van der Waals surface area contributed by atoms with Crippen molar-refractivity contribution in [1.82, 2.24) is 5.43 Å². The molecule has 1 unspecified atom stereocenters. The van der Waals surface area contributed by atoms with Crippen LogP contribution in [0.3, 0.4) is 0 Å². The van der Waals surface area contributed by atoms with E-state index in [1.54, 1.807) is 0 Å². The second-order valence-electron chi connectivity index (χ2n) is 4.90. The zero-order chi connectivity index (χ0) is 13.8. The normalized spacial score (nSPS) is 12.4. The summed E-state index contributed by atoms with van der Waals surface area (Å²) in [5, 5.41) is 0. The van der Waals surface area contributed by atoms with Crippen molar-refractivity contribution in [2.24, 2.45) is 5.84 Å². The van der Waals surface area contributed by atoms with Gasteiger partial charge in [-0.2, -0.15) is 0 Å². The van der Waals surface area contributed by atoms with Gasteiger partial charge in [-0.05, 0) is 49.1 Å². The fourth-order valence-corrected chi connectivity index (χ4v) is 2.47. The number of benzene rings is 2. The van der Waals surface area contributed by atoms with Crippen LogP contribution >= 0.6 is 15.9 Å². The molecule has 0 aliphatic heterocycles. The molecule has 0 saturated heterocycles. The van der Waals surface area contributed by atoms with Crippen molar-refractivity contribution < 1.29 is 0 Å². The lowest BCUT2D eigenvalue weighted by molar-refractivity contribution is 0.550. The molecule has 0 heterocycles. The van der Waals surface area contributed by atoms with Gasteiger partial charge in [-0.3, -0.25) is 11.3 Å². The van der Waals surface area contributed by atoms with Crippen molar-refractivity contribution in [1.29, 1.82) is 0 Å². The van der Waals surface area contributed by atoms with Gasteiger partial charge in [0.05, 0.1) is 0 Å². The summed E-state index contributed by atoms with van der Waals surface area (Å²) in [5.74, 6) is 5.72. The van der Waals surface area contributed by atoms with E-state index in [0.29, 0.717) is 0 Å². The number of hydrazine groups is 1. The minimum atomic E-state index is 0.133. The van der Waals surface area contributed by atoms with Gasteiger partial charge in [0, 0.05) is 10.5 Å². The molecule has 3 heteroatoms. The van der Waals surface area contributed by atoms with Gasteiger partial charge in [-0.1, -0.05) is 51.8 Å². The van der Waals surface area contributed by atoms with E-state index in [4.69, 9.17) is 5.84 Å². The zero-order valence-electron chi connectivity index (χ0n) is 11.3. The molecule has 0 radical (unpaired) electrons. The lowest BCUT2D eigenvalue weighted by Crippen LogP contribution is -2.29. The molecule has 0 amide bonds. The number of hydrogen-bond donors (Lipinski definition) is 2. The Hall–Kier alpha value is -1.16. The third-order valence-electron chi connectivity index (χ3n) is 3.40. The standard InChI is InChI=1S/C16H19BrN2/c1-11-3-4-12(2)14(9-11)10-16(19-18)13-5-7-15(17)8-6-13/h3-9,16,19H,10,18H2,1-2H3. The van der Waals surface area contributed by atoms with Crippen LogP contribution in [0.2, 0.25) is 0 Å². The van der Waals surface area contributed by atoms with Crippen LogP contribution in [0.1, 0.15) is 28.3 Å². The minimum absolute atomic E-state index is 0.133. The molecule has 2 aromatic rings. The molecular formula is C16H19BrN2. The van der Waals surface area contributed by atoms with Gasteiger partial charge < -0.3 is 0 Å². The number of rotatable bonds is 4. The summed E-state index contributed by atoms with van der Waals surface area (Å²) in [6, 6.07) is 15.0. The SMILES string of the molecule is Cc1ccc(C)c(CC(NN)c2ccc(Br)cc2)c1. The second kappa shape index (κ2) is 6.33. The molecule has 1 atom stereocenters. The summed E-state index contributed by atoms with van der Waals surface area (Å²) >= 11 is 3.45. The Morgan fingerprint density at radius 2 is 1.79 bits per heavy atom. The number of nitrogens with one attached hydrogen (secondary N) is 1. The zero-order valence-corrected chi connectivity index (χ0v) is 12.9. The summed E-state index contributed by atoms with van der Waals surface area (Å²) in [5.41, 5.74) is 8.05. The molecular weight excluding hydrogens is 300 g/mol. The van der Waals surface area contributed by atoms with Gasteiger partial charge in [-0.25, -0.2) is 0 Å². The maximum Gasteiger partial charge on any atom is 0.0500 e. The summed E-state index contributed by atoms with van der Waals surface area (Å²) in [6.45, 7) is 4.26. The average molecular weight is 319 g/mol. The van der Waals surface area contributed by atoms with E-state index in [1.807, 2.05) is 12.1 Å². The highest BCUT2D eigenvalue weighted by atomic mass is 79.9. The van der Waals surface area contributed by atoms with Crippen molar-refractivity contribution in [2.45, 2.75) is 26.3 Å². The summed E-state index contributed by atoms with van der Waals surface area (Å²) < 4.78 is 1.08. The molecule has 3 N–H and O–H groups in total. The van der Waals surface area contributed by atoms with Crippen LogP contribution in [0, 0.1) is 13.8 Å². The molecule has 0 saturated carbocycles. The molecule has 0 aliphatic rings. The van der Waals surface area contributed by atoms with E-state index in [0.717, 1.165) is 10.9 Å². The van der Waals surface area contributed by atoms with Gasteiger partial charge in [0.2, 0.25) is 0 Å². The molecule has 19 heavy (non-hydrogen) atoms. The third-order valence-corrected chi connectivity index (χ3v) is 3.93. The van der Waals surface area contributed by atoms with Crippen LogP contribution in [0.4, 0.5) is 0 Å². The van der Waals surface area contributed by atoms with Gasteiger partial charge >= 0.3 is 0 Å². The minimum Gasteiger partial charge on any atom is -0.271 e. The average Bonchev–Trinajstić information content (AvgIpc) is 2.41. The fraction of sp³-hybridized carbons (Fsp3) is 0.250. The van der Waals surface area contributed by atoms with Crippen molar-refractivity contribution in [3.8, 4) is 0 Å². The van der Waals surface area contributed by atoms with Crippen LogP contribution in [0.15, 0.2) is 46.9 Å². The second-order valence-corrected chi connectivity index (χ2v) is 5.82. The Morgan fingerprint density at radius 1 is 1.11 bits per heavy atom. The van der Waals surface area contributed by atoms with Crippen molar-refractivity contribution in [3.05, 3.63) is 69.2 Å². The fourth-order valence-electron chi connectivity index (χ4n) is 2.21. The van der Waals surface area contributed by atoms with E-state index in [-0.39, 0.29) is 6.04 Å². The molecule has 2 nitrogen and oxygen atoms in total. The first-order chi connectivity index (χ1) is 9.10. The molecule has 0 fully saturated rings. The first-order valence-corrected chi connectivity index (χ1v) is 7.17. The monoisotopic (exact) mass is 318 g/mol. The Balaban J connectivity index is 2.23. The first-order valence-electron chi connectivity index (χ1n) is 6.38. The van der Waals surface area contributed by atoms with Gasteiger partial charge in [0.1, 0.15) is 0 Å². The lowest BCUT2D eigenvalue weighted by Gasteiger charge is -2.18. The quantitative estimate of drug-likeness (QED) is 0.664. The van der Waals surface area contributed by atoms with Crippen molar-refractivity contribution in [2.75, 3.05) is 0 Å².